The van der Waals surface area contributed by atoms with Gasteiger partial charge in [-0.2, -0.15) is 5.26 Å². The molecule has 17 heavy (non-hydrogen) atoms. The number of anilines is 1. The van der Waals surface area contributed by atoms with E-state index in [1.165, 1.54) is 25.7 Å². The summed E-state index contributed by atoms with van der Waals surface area (Å²) in [4.78, 5) is 0. The normalized spacial score (nSPS) is 19.1. The van der Waals surface area contributed by atoms with Crippen molar-refractivity contribution in [1.29, 1.82) is 5.26 Å². The molecule has 0 bridgehead atoms. The minimum Gasteiger partial charge on any atom is -0.381 e. The number of nitrogens with one attached hydrogen (secondary N) is 1. The molecule has 0 saturated heterocycles. The summed E-state index contributed by atoms with van der Waals surface area (Å²) in [5, 5.41) is 13.0. The summed E-state index contributed by atoms with van der Waals surface area (Å²) in [6.45, 7) is 0. The van der Waals surface area contributed by atoms with Gasteiger partial charge in [-0.3, -0.25) is 0 Å². The Hall–Kier alpha value is -1.20. The molecule has 2 aliphatic carbocycles. The van der Waals surface area contributed by atoms with Gasteiger partial charge < -0.3 is 5.32 Å². The van der Waals surface area contributed by atoms with Crippen LogP contribution in [0.4, 0.5) is 5.69 Å². The van der Waals surface area contributed by atoms with Gasteiger partial charge in [0.15, 0.2) is 0 Å². The van der Waals surface area contributed by atoms with Crippen LogP contribution in [-0.2, 0) is 0 Å². The van der Waals surface area contributed by atoms with Crippen molar-refractivity contribution in [3.8, 4) is 6.07 Å². The summed E-state index contributed by atoms with van der Waals surface area (Å²) in [5.74, 6) is 1.68. The number of nitrogens with zero attached hydrogens (tertiary/aromatic N) is 1. The Morgan fingerprint density at radius 1 is 1.24 bits per heavy atom. The van der Waals surface area contributed by atoms with Crippen LogP contribution < -0.4 is 5.32 Å². The minimum absolute atomic E-state index is 0.598. The SMILES string of the molecule is N#Cc1ccc(NC(C2CC2)C2CC2)c(Cl)c1. The first kappa shape index (κ1) is 10.9. The predicted molar refractivity (Wildman–Crippen MR) is 69.0 cm³/mol. The van der Waals surface area contributed by atoms with Gasteiger partial charge in [-0.1, -0.05) is 11.6 Å². The lowest BCUT2D eigenvalue weighted by Gasteiger charge is -2.20. The van der Waals surface area contributed by atoms with Crippen LogP contribution in [-0.4, -0.2) is 6.04 Å². The van der Waals surface area contributed by atoms with Gasteiger partial charge in [0.25, 0.3) is 0 Å². The summed E-state index contributed by atoms with van der Waals surface area (Å²) in [6, 6.07) is 8.19. The Kier molecular flexibility index (Phi) is 2.72. The van der Waals surface area contributed by atoms with E-state index in [0.29, 0.717) is 16.6 Å². The van der Waals surface area contributed by atoms with Crippen molar-refractivity contribution >= 4 is 17.3 Å². The van der Waals surface area contributed by atoms with E-state index in [1.807, 2.05) is 12.1 Å². The van der Waals surface area contributed by atoms with E-state index in [0.717, 1.165) is 17.5 Å². The highest BCUT2D eigenvalue weighted by molar-refractivity contribution is 6.33. The molecule has 1 aromatic carbocycles. The zero-order valence-corrected chi connectivity index (χ0v) is 10.4. The first-order chi connectivity index (χ1) is 8.28. The van der Waals surface area contributed by atoms with Gasteiger partial charge in [0.1, 0.15) is 0 Å². The molecule has 1 aromatic rings. The van der Waals surface area contributed by atoms with Crippen LogP contribution in [0.2, 0.25) is 5.02 Å². The highest BCUT2D eigenvalue weighted by atomic mass is 35.5. The van der Waals surface area contributed by atoms with Crippen LogP contribution in [0, 0.1) is 23.2 Å². The van der Waals surface area contributed by atoms with E-state index in [4.69, 9.17) is 16.9 Å². The Bertz CT molecular complexity index is 458. The summed E-state index contributed by atoms with van der Waals surface area (Å²) in [6.07, 6.45) is 5.40. The zero-order chi connectivity index (χ0) is 11.8. The van der Waals surface area contributed by atoms with Crippen molar-refractivity contribution in [3.63, 3.8) is 0 Å². The quantitative estimate of drug-likeness (QED) is 0.877. The predicted octanol–water partition coefficient (Wildman–Crippen LogP) is 3.81. The van der Waals surface area contributed by atoms with E-state index in [2.05, 4.69) is 11.4 Å². The molecule has 2 saturated carbocycles. The summed E-state index contributed by atoms with van der Waals surface area (Å²) in [7, 11) is 0. The van der Waals surface area contributed by atoms with Crippen LogP contribution in [0.1, 0.15) is 31.2 Å². The first-order valence-electron chi connectivity index (χ1n) is 6.24. The topological polar surface area (TPSA) is 35.8 Å². The van der Waals surface area contributed by atoms with Gasteiger partial charge in [0.05, 0.1) is 22.3 Å². The maximum atomic E-state index is 8.80. The van der Waals surface area contributed by atoms with Crippen molar-refractivity contribution in [1.82, 2.24) is 0 Å². The summed E-state index contributed by atoms with van der Waals surface area (Å²) < 4.78 is 0. The van der Waals surface area contributed by atoms with Crippen molar-refractivity contribution in [3.05, 3.63) is 28.8 Å². The number of halogens is 1. The average Bonchev–Trinajstić information content (AvgIpc) is 3.18. The lowest BCUT2D eigenvalue weighted by atomic mass is 10.1. The molecule has 0 radical (unpaired) electrons. The molecule has 2 fully saturated rings. The van der Waals surface area contributed by atoms with Gasteiger partial charge >= 0.3 is 0 Å². The highest BCUT2D eigenvalue weighted by Gasteiger charge is 2.41. The molecule has 1 N–H and O–H groups in total. The molecule has 0 amide bonds. The second kappa shape index (κ2) is 4.23. The number of rotatable bonds is 4. The van der Waals surface area contributed by atoms with Crippen molar-refractivity contribution in [2.45, 2.75) is 31.7 Å². The van der Waals surface area contributed by atoms with Crippen molar-refractivity contribution < 1.29 is 0 Å². The van der Waals surface area contributed by atoms with Crippen LogP contribution in [0.3, 0.4) is 0 Å². The van der Waals surface area contributed by atoms with Gasteiger partial charge in [0, 0.05) is 6.04 Å². The van der Waals surface area contributed by atoms with Crippen molar-refractivity contribution in [2.75, 3.05) is 5.32 Å². The second-order valence-electron chi connectivity index (χ2n) is 5.15. The lowest BCUT2D eigenvalue weighted by molar-refractivity contribution is 0.568. The number of benzene rings is 1. The van der Waals surface area contributed by atoms with E-state index >= 15 is 0 Å². The van der Waals surface area contributed by atoms with E-state index in [-0.39, 0.29) is 0 Å². The Morgan fingerprint density at radius 2 is 1.88 bits per heavy atom. The summed E-state index contributed by atoms with van der Waals surface area (Å²) >= 11 is 6.19. The fraction of sp³-hybridized carbons (Fsp3) is 0.500. The van der Waals surface area contributed by atoms with Gasteiger partial charge in [-0.05, 0) is 55.7 Å². The molecule has 2 nitrogen and oxygen atoms in total. The molecular formula is C14H15ClN2. The standard InChI is InChI=1S/C14H15ClN2/c15-12-7-9(8-16)1-6-13(12)17-14(10-2-3-10)11-4-5-11/h1,6-7,10-11,14,17H,2-5H2. The fourth-order valence-electron chi connectivity index (χ4n) is 2.41. The molecule has 0 atom stereocenters. The maximum absolute atomic E-state index is 8.80. The van der Waals surface area contributed by atoms with E-state index in [9.17, 15) is 0 Å². The van der Waals surface area contributed by atoms with E-state index in [1.54, 1.807) is 6.07 Å². The minimum atomic E-state index is 0.598. The molecule has 3 rings (SSSR count). The van der Waals surface area contributed by atoms with Gasteiger partial charge in [-0.15, -0.1) is 0 Å². The fourth-order valence-corrected chi connectivity index (χ4v) is 2.65. The molecule has 3 heteroatoms. The van der Waals surface area contributed by atoms with Crippen LogP contribution in [0.5, 0.6) is 0 Å². The highest BCUT2D eigenvalue weighted by Crippen LogP contribution is 2.46. The second-order valence-corrected chi connectivity index (χ2v) is 5.56. The monoisotopic (exact) mass is 246 g/mol. The third-order valence-corrected chi connectivity index (χ3v) is 3.99. The van der Waals surface area contributed by atoms with Crippen LogP contribution >= 0.6 is 11.6 Å². The molecule has 0 heterocycles. The smallest absolute Gasteiger partial charge is 0.0992 e. The van der Waals surface area contributed by atoms with Crippen molar-refractivity contribution in [2.24, 2.45) is 11.8 Å². The zero-order valence-electron chi connectivity index (χ0n) is 9.62. The lowest BCUT2D eigenvalue weighted by Crippen LogP contribution is -2.24. The average molecular weight is 247 g/mol. The maximum Gasteiger partial charge on any atom is 0.0992 e. The third-order valence-electron chi connectivity index (χ3n) is 3.68. The molecular weight excluding hydrogens is 232 g/mol. The summed E-state index contributed by atoms with van der Waals surface area (Å²) in [5.41, 5.74) is 1.60. The molecule has 0 aliphatic heterocycles. The van der Waals surface area contributed by atoms with Crippen LogP contribution in [0.25, 0.3) is 0 Å². The molecule has 88 valence electrons. The Morgan fingerprint density at radius 3 is 2.35 bits per heavy atom. The van der Waals surface area contributed by atoms with Gasteiger partial charge in [-0.25, -0.2) is 0 Å². The molecule has 0 aromatic heterocycles. The molecule has 0 unspecified atom stereocenters. The first-order valence-corrected chi connectivity index (χ1v) is 6.62. The van der Waals surface area contributed by atoms with Crippen LogP contribution in [0.15, 0.2) is 18.2 Å². The van der Waals surface area contributed by atoms with Gasteiger partial charge in [0.2, 0.25) is 0 Å². The number of hydrogen-bond acceptors (Lipinski definition) is 2. The molecule has 0 spiro atoms. The Labute approximate surface area is 107 Å². The molecule has 2 aliphatic rings. The number of hydrogen-bond donors (Lipinski definition) is 1. The Balaban J connectivity index is 1.77. The third kappa shape index (κ3) is 2.40. The number of nitriles is 1. The largest absolute Gasteiger partial charge is 0.381 e. The van der Waals surface area contributed by atoms with E-state index < -0.39 is 0 Å².